The Morgan fingerprint density at radius 1 is 0.846 bits per heavy atom. The average Bonchev–Trinajstić information content (AvgIpc) is 2.61. The van der Waals surface area contributed by atoms with Crippen molar-refractivity contribution in [3.63, 3.8) is 0 Å². The minimum absolute atomic E-state index is 0. The summed E-state index contributed by atoms with van der Waals surface area (Å²) in [6.45, 7) is 6.16. The molecular weight excluding hydrogens is 363 g/mol. The first kappa shape index (κ1) is 26.1. The molecule has 0 bridgehead atoms. The van der Waals surface area contributed by atoms with E-state index < -0.39 is 15.2 Å². The minimum atomic E-state index is -4.10. The molecule has 1 aromatic rings. The second kappa shape index (κ2) is 14.1. The molecule has 1 rings (SSSR count). The number of benzene rings is 1. The van der Waals surface area contributed by atoms with Crippen LogP contribution in [0.2, 0.25) is 0 Å². The van der Waals surface area contributed by atoms with Crippen LogP contribution in [-0.4, -0.2) is 57.8 Å². The van der Waals surface area contributed by atoms with Crippen molar-refractivity contribution in [2.75, 3.05) is 19.8 Å². The zero-order valence-corrected chi connectivity index (χ0v) is 16.5. The predicted molar refractivity (Wildman–Crippen MR) is 107 cm³/mol. The van der Waals surface area contributed by atoms with Crippen molar-refractivity contribution in [1.29, 1.82) is 0 Å². The van der Waals surface area contributed by atoms with Gasteiger partial charge >= 0.3 is 44.8 Å². The van der Waals surface area contributed by atoms with Gasteiger partial charge < -0.3 is 9.47 Å². The van der Waals surface area contributed by atoms with Crippen LogP contribution in [0.1, 0.15) is 64.9 Å². The molecule has 146 valence electrons. The summed E-state index contributed by atoms with van der Waals surface area (Å²) < 4.78 is 42.3. The van der Waals surface area contributed by atoms with Crippen LogP contribution < -0.4 is 0 Å². The number of hydrogen-bond acceptors (Lipinski definition) is 5. The van der Waals surface area contributed by atoms with Gasteiger partial charge in [-0.05, 0) is 20.3 Å². The van der Waals surface area contributed by atoms with Crippen LogP contribution in [0, 0.1) is 0 Å². The van der Waals surface area contributed by atoms with Crippen molar-refractivity contribution in [2.24, 2.45) is 0 Å². The molecule has 0 spiro atoms. The molecule has 0 aromatic heterocycles. The molecule has 0 saturated heterocycles. The van der Waals surface area contributed by atoms with Crippen LogP contribution in [0.5, 0.6) is 0 Å². The molecule has 0 atom stereocenters. The molecule has 0 N–H and O–H groups in total. The summed E-state index contributed by atoms with van der Waals surface area (Å²) in [4.78, 5) is 0. The summed E-state index contributed by atoms with van der Waals surface area (Å²) in [6.07, 6.45) is 6.33. The standard InChI is InChI=1S/C19H32O5S.Na.H/c1-4-7-8-9-10-14-17-24-25(20,21)19(22-5-2,23-6-3)18-15-12-11-13-16-18;;/h11-13,15-16H,4-10,14,17H2,1-3H3;;. The van der Waals surface area contributed by atoms with Crippen molar-refractivity contribution in [3.8, 4) is 0 Å². The van der Waals surface area contributed by atoms with Crippen molar-refractivity contribution >= 4 is 39.7 Å². The van der Waals surface area contributed by atoms with Gasteiger partial charge in [-0.25, -0.2) is 0 Å². The average molecular weight is 397 g/mol. The van der Waals surface area contributed by atoms with Crippen LogP contribution in [-0.2, 0) is 28.9 Å². The Morgan fingerprint density at radius 3 is 1.92 bits per heavy atom. The molecular formula is C19H33NaO5S. The van der Waals surface area contributed by atoms with Gasteiger partial charge in [0.2, 0.25) is 0 Å². The van der Waals surface area contributed by atoms with Crippen LogP contribution in [0.4, 0.5) is 0 Å². The fraction of sp³-hybridized carbons (Fsp3) is 0.684. The second-order valence-corrected chi connectivity index (χ2v) is 7.51. The fourth-order valence-corrected chi connectivity index (χ4v) is 4.09. The second-order valence-electron chi connectivity index (χ2n) is 5.83. The first-order chi connectivity index (χ1) is 12.0. The van der Waals surface area contributed by atoms with Gasteiger partial charge in [0.05, 0.1) is 6.61 Å². The SMILES string of the molecule is CCCCCCCCOS(=O)(=O)C(OCC)(OCC)c1ccccc1.[NaH]. The van der Waals surface area contributed by atoms with Gasteiger partial charge in [-0.1, -0.05) is 69.4 Å². The van der Waals surface area contributed by atoms with Gasteiger partial charge in [-0.2, -0.15) is 8.42 Å². The van der Waals surface area contributed by atoms with Crippen LogP contribution in [0.25, 0.3) is 0 Å². The molecule has 0 heterocycles. The van der Waals surface area contributed by atoms with E-state index in [2.05, 4.69) is 6.92 Å². The molecule has 0 aliphatic heterocycles. The van der Waals surface area contributed by atoms with E-state index in [1.165, 1.54) is 19.3 Å². The predicted octanol–water partition coefficient (Wildman–Crippen LogP) is 3.93. The quantitative estimate of drug-likeness (QED) is 0.206. The number of hydrogen-bond donors (Lipinski definition) is 0. The molecule has 0 aliphatic carbocycles. The zero-order chi connectivity index (χ0) is 18.6. The van der Waals surface area contributed by atoms with Gasteiger partial charge in [0.15, 0.2) is 0 Å². The Kier molecular flexibility index (Phi) is 14.1. The van der Waals surface area contributed by atoms with E-state index in [0.717, 1.165) is 12.8 Å². The monoisotopic (exact) mass is 396 g/mol. The molecule has 26 heavy (non-hydrogen) atoms. The van der Waals surface area contributed by atoms with Crippen LogP contribution in [0.3, 0.4) is 0 Å². The van der Waals surface area contributed by atoms with Crippen molar-refractivity contribution < 1.29 is 22.1 Å². The summed E-state index contributed by atoms with van der Waals surface area (Å²) in [6, 6.07) is 8.68. The third-order valence-corrected chi connectivity index (χ3v) is 5.47. The first-order valence-electron chi connectivity index (χ1n) is 9.26. The summed E-state index contributed by atoms with van der Waals surface area (Å²) in [5.74, 6) is 0. The number of rotatable bonds is 14. The van der Waals surface area contributed by atoms with E-state index in [0.29, 0.717) is 12.0 Å². The van der Waals surface area contributed by atoms with Crippen LogP contribution >= 0.6 is 0 Å². The Labute approximate surface area is 181 Å². The molecule has 0 amide bonds. The third kappa shape index (κ3) is 7.58. The topological polar surface area (TPSA) is 61.8 Å². The Bertz CT molecular complexity index is 557. The molecule has 1 aromatic carbocycles. The molecule has 5 nitrogen and oxygen atoms in total. The summed E-state index contributed by atoms with van der Waals surface area (Å²) >= 11 is 0. The molecule has 0 radical (unpaired) electrons. The number of ether oxygens (including phenoxy) is 2. The van der Waals surface area contributed by atoms with E-state index in [1.54, 1.807) is 38.1 Å². The maximum absolute atomic E-state index is 12.9. The molecule has 0 aliphatic rings. The fourth-order valence-electron chi connectivity index (χ4n) is 2.65. The third-order valence-electron chi connectivity index (χ3n) is 3.86. The van der Waals surface area contributed by atoms with E-state index in [9.17, 15) is 8.42 Å². The Balaban J connectivity index is 0.00000625. The van der Waals surface area contributed by atoms with Gasteiger partial charge in [0.1, 0.15) is 0 Å². The van der Waals surface area contributed by atoms with Gasteiger partial charge in [-0.3, -0.25) is 4.18 Å². The molecule has 0 fully saturated rings. The van der Waals surface area contributed by atoms with Crippen molar-refractivity contribution in [3.05, 3.63) is 35.9 Å². The normalized spacial score (nSPS) is 12.0. The van der Waals surface area contributed by atoms with Crippen LogP contribution in [0.15, 0.2) is 30.3 Å². The number of unbranched alkanes of at least 4 members (excludes halogenated alkanes) is 5. The summed E-state index contributed by atoms with van der Waals surface area (Å²) in [5, 5.41) is -1.92. The van der Waals surface area contributed by atoms with E-state index >= 15 is 0 Å². The summed E-state index contributed by atoms with van der Waals surface area (Å²) in [7, 11) is -4.10. The van der Waals surface area contributed by atoms with Gasteiger partial charge in [0, 0.05) is 18.8 Å². The molecule has 0 saturated carbocycles. The van der Waals surface area contributed by atoms with Crippen molar-refractivity contribution in [1.82, 2.24) is 0 Å². The van der Waals surface area contributed by atoms with E-state index in [-0.39, 0.29) is 49.4 Å². The Morgan fingerprint density at radius 2 is 1.38 bits per heavy atom. The molecule has 0 unspecified atom stereocenters. The first-order valence-corrected chi connectivity index (χ1v) is 10.7. The van der Waals surface area contributed by atoms with E-state index in [4.69, 9.17) is 13.7 Å². The van der Waals surface area contributed by atoms with Gasteiger partial charge in [0.25, 0.3) is 0 Å². The van der Waals surface area contributed by atoms with Gasteiger partial charge in [-0.15, -0.1) is 0 Å². The van der Waals surface area contributed by atoms with Crippen molar-refractivity contribution in [2.45, 2.75) is 64.4 Å². The Hall–Kier alpha value is 0.0500. The van der Waals surface area contributed by atoms with E-state index in [1.807, 2.05) is 6.07 Å². The zero-order valence-electron chi connectivity index (χ0n) is 15.7. The maximum atomic E-state index is 12.9. The molecule has 7 heteroatoms. The summed E-state index contributed by atoms with van der Waals surface area (Å²) in [5.41, 5.74) is 0.418.